The third kappa shape index (κ3) is 7.74. The molecular formula is C25H27ClN4O3S. The van der Waals surface area contributed by atoms with Crippen molar-refractivity contribution in [1.82, 2.24) is 15.4 Å². The van der Waals surface area contributed by atoms with Crippen molar-refractivity contribution in [3.8, 4) is 11.5 Å². The number of hydrogen-bond acceptors (Lipinski definition) is 7. The molecular weight excluding hydrogens is 472 g/mol. The van der Waals surface area contributed by atoms with E-state index < -0.39 is 5.25 Å². The number of hydrogen-bond donors (Lipinski definition) is 1. The summed E-state index contributed by atoms with van der Waals surface area (Å²) in [6.45, 7) is 8.37. The first-order valence-electron chi connectivity index (χ1n) is 10.8. The molecule has 0 radical (unpaired) electrons. The van der Waals surface area contributed by atoms with E-state index in [0.29, 0.717) is 34.9 Å². The molecule has 0 spiro atoms. The zero-order valence-corrected chi connectivity index (χ0v) is 21.1. The standard InChI is InChI=1S/C25H27ClN4O3S/c1-5-32-23-13-20(8-11-22(23)33-15-19-6-9-21(26)10-7-19)14-27-30-24(31)18(4)34-25-28-16(2)12-17(3)29-25/h6-14,18H,5,15H2,1-4H3,(H,30,31)/b27-14-/t18-/m1/s1. The maximum Gasteiger partial charge on any atom is 0.253 e. The third-order valence-corrected chi connectivity index (χ3v) is 5.79. The minimum atomic E-state index is -0.402. The summed E-state index contributed by atoms with van der Waals surface area (Å²) in [6.07, 6.45) is 1.56. The van der Waals surface area contributed by atoms with Gasteiger partial charge in [0.1, 0.15) is 6.61 Å². The van der Waals surface area contributed by atoms with Crippen LogP contribution in [-0.2, 0) is 11.4 Å². The van der Waals surface area contributed by atoms with E-state index in [-0.39, 0.29) is 5.91 Å². The van der Waals surface area contributed by atoms with Crippen molar-refractivity contribution < 1.29 is 14.3 Å². The predicted octanol–water partition coefficient (Wildman–Crippen LogP) is 5.36. The molecule has 178 valence electrons. The molecule has 3 aromatic rings. The summed E-state index contributed by atoms with van der Waals surface area (Å²) in [4.78, 5) is 21.1. The quantitative estimate of drug-likeness (QED) is 0.175. The van der Waals surface area contributed by atoms with Crippen molar-refractivity contribution in [3.63, 3.8) is 0 Å². The van der Waals surface area contributed by atoms with Gasteiger partial charge in [0.25, 0.3) is 5.91 Å². The summed E-state index contributed by atoms with van der Waals surface area (Å²) in [5.74, 6) is 0.982. The lowest BCUT2D eigenvalue weighted by molar-refractivity contribution is -0.120. The second-order valence-corrected chi connectivity index (χ2v) is 9.23. The highest BCUT2D eigenvalue weighted by Gasteiger charge is 2.16. The molecule has 1 N–H and O–H groups in total. The molecule has 0 saturated carbocycles. The summed E-state index contributed by atoms with van der Waals surface area (Å²) < 4.78 is 11.6. The molecule has 0 bridgehead atoms. The Bertz CT molecular complexity index is 1140. The van der Waals surface area contributed by atoms with E-state index in [2.05, 4.69) is 20.5 Å². The second-order valence-electron chi connectivity index (χ2n) is 7.48. The molecule has 1 heterocycles. The largest absolute Gasteiger partial charge is 0.490 e. The van der Waals surface area contributed by atoms with Gasteiger partial charge in [-0.3, -0.25) is 4.79 Å². The molecule has 34 heavy (non-hydrogen) atoms. The number of nitrogens with zero attached hydrogens (tertiary/aromatic N) is 3. The minimum Gasteiger partial charge on any atom is -0.490 e. The Labute approximate surface area is 208 Å². The first-order valence-corrected chi connectivity index (χ1v) is 12.1. The maximum absolute atomic E-state index is 12.4. The van der Waals surface area contributed by atoms with Crippen molar-refractivity contribution in [2.45, 2.75) is 44.7 Å². The average Bonchev–Trinajstić information content (AvgIpc) is 2.79. The van der Waals surface area contributed by atoms with Gasteiger partial charge in [0.15, 0.2) is 16.7 Å². The highest BCUT2D eigenvalue weighted by Crippen LogP contribution is 2.29. The van der Waals surface area contributed by atoms with Gasteiger partial charge in [-0.25, -0.2) is 15.4 Å². The van der Waals surface area contributed by atoms with Crippen LogP contribution in [0.5, 0.6) is 11.5 Å². The predicted molar refractivity (Wildman–Crippen MR) is 136 cm³/mol. The van der Waals surface area contributed by atoms with E-state index >= 15 is 0 Å². The Morgan fingerprint density at radius 1 is 1.09 bits per heavy atom. The van der Waals surface area contributed by atoms with Crippen molar-refractivity contribution in [1.29, 1.82) is 0 Å². The number of benzene rings is 2. The van der Waals surface area contributed by atoms with Crippen molar-refractivity contribution in [3.05, 3.63) is 76.1 Å². The fourth-order valence-corrected chi connectivity index (χ4v) is 3.95. The number of halogens is 1. The Morgan fingerprint density at radius 3 is 2.47 bits per heavy atom. The van der Waals surface area contributed by atoms with E-state index in [4.69, 9.17) is 21.1 Å². The molecule has 0 saturated heterocycles. The number of aromatic nitrogens is 2. The number of aryl methyl sites for hydroxylation is 2. The lowest BCUT2D eigenvalue weighted by Gasteiger charge is -2.13. The van der Waals surface area contributed by atoms with Gasteiger partial charge >= 0.3 is 0 Å². The van der Waals surface area contributed by atoms with Crippen molar-refractivity contribution in [2.75, 3.05) is 6.61 Å². The molecule has 9 heteroatoms. The SMILES string of the molecule is CCOc1cc(/C=N\NC(=O)[C@@H](C)Sc2nc(C)cc(C)n2)ccc1OCc1ccc(Cl)cc1. The van der Waals surface area contributed by atoms with Gasteiger partial charge in [0.2, 0.25) is 0 Å². The van der Waals surface area contributed by atoms with E-state index in [9.17, 15) is 4.79 Å². The summed E-state index contributed by atoms with van der Waals surface area (Å²) >= 11 is 7.22. The first kappa shape index (κ1) is 25.5. The van der Waals surface area contributed by atoms with Crippen molar-refractivity contribution in [2.24, 2.45) is 5.10 Å². The monoisotopic (exact) mass is 498 g/mol. The van der Waals surface area contributed by atoms with Crippen LogP contribution in [-0.4, -0.2) is 33.9 Å². The molecule has 0 aliphatic carbocycles. The number of hydrazone groups is 1. The number of amides is 1. The molecule has 2 aromatic carbocycles. The van der Waals surface area contributed by atoms with E-state index in [0.717, 1.165) is 22.5 Å². The molecule has 7 nitrogen and oxygen atoms in total. The van der Waals surface area contributed by atoms with Crippen LogP contribution in [0.2, 0.25) is 5.02 Å². The van der Waals surface area contributed by atoms with Gasteiger partial charge in [-0.05, 0) is 75.2 Å². The summed E-state index contributed by atoms with van der Waals surface area (Å²) in [6, 6.07) is 14.9. The summed E-state index contributed by atoms with van der Waals surface area (Å²) in [5.41, 5.74) is 6.07. The second kappa shape index (κ2) is 12.4. The van der Waals surface area contributed by atoms with Crippen LogP contribution in [0.25, 0.3) is 0 Å². The van der Waals surface area contributed by atoms with Crippen molar-refractivity contribution >= 4 is 35.5 Å². The summed E-state index contributed by atoms with van der Waals surface area (Å²) in [7, 11) is 0. The van der Waals surface area contributed by atoms with Gasteiger partial charge in [0, 0.05) is 16.4 Å². The molecule has 0 fully saturated rings. The fraction of sp³-hybridized carbons (Fsp3) is 0.280. The average molecular weight is 499 g/mol. The number of ether oxygens (including phenoxy) is 2. The lowest BCUT2D eigenvalue weighted by Crippen LogP contribution is -2.27. The van der Waals surface area contributed by atoms with Gasteiger partial charge in [-0.15, -0.1) is 0 Å². The highest BCUT2D eigenvalue weighted by atomic mass is 35.5. The number of carbonyl (C=O) groups excluding carboxylic acids is 1. The Morgan fingerprint density at radius 2 is 1.79 bits per heavy atom. The fourth-order valence-electron chi connectivity index (χ4n) is 2.95. The van der Waals surface area contributed by atoms with Crippen LogP contribution in [0, 0.1) is 13.8 Å². The smallest absolute Gasteiger partial charge is 0.253 e. The van der Waals surface area contributed by atoms with Gasteiger partial charge in [-0.1, -0.05) is 35.5 Å². The Hall–Kier alpha value is -3.10. The molecule has 0 aliphatic heterocycles. The first-order chi connectivity index (χ1) is 16.3. The summed E-state index contributed by atoms with van der Waals surface area (Å²) in [5, 5.41) is 4.93. The van der Waals surface area contributed by atoms with Crippen LogP contribution in [0.3, 0.4) is 0 Å². The highest BCUT2D eigenvalue weighted by molar-refractivity contribution is 8.00. The molecule has 1 amide bonds. The minimum absolute atomic E-state index is 0.239. The lowest BCUT2D eigenvalue weighted by atomic mass is 10.2. The third-order valence-electron chi connectivity index (χ3n) is 4.58. The Kier molecular flexibility index (Phi) is 9.30. The van der Waals surface area contributed by atoms with Crippen LogP contribution in [0.15, 0.2) is 58.8 Å². The molecule has 0 aliphatic rings. The molecule has 1 atom stereocenters. The number of thioether (sulfide) groups is 1. The van der Waals surface area contributed by atoms with E-state index in [1.165, 1.54) is 11.8 Å². The van der Waals surface area contributed by atoms with Crippen LogP contribution in [0.4, 0.5) is 0 Å². The zero-order chi connectivity index (χ0) is 24.5. The van der Waals surface area contributed by atoms with Crippen LogP contribution < -0.4 is 14.9 Å². The molecule has 3 rings (SSSR count). The van der Waals surface area contributed by atoms with E-state index in [1.807, 2.05) is 69.3 Å². The normalized spacial score (nSPS) is 11.9. The molecule has 1 aromatic heterocycles. The molecule has 0 unspecified atom stereocenters. The van der Waals surface area contributed by atoms with Gasteiger partial charge in [-0.2, -0.15) is 5.10 Å². The topological polar surface area (TPSA) is 85.7 Å². The van der Waals surface area contributed by atoms with Gasteiger partial charge < -0.3 is 9.47 Å². The number of carbonyl (C=O) groups is 1. The van der Waals surface area contributed by atoms with Crippen LogP contribution >= 0.6 is 23.4 Å². The zero-order valence-electron chi connectivity index (χ0n) is 19.5. The number of nitrogens with one attached hydrogen (secondary N) is 1. The maximum atomic E-state index is 12.4. The Balaban J connectivity index is 1.59. The van der Waals surface area contributed by atoms with Gasteiger partial charge in [0.05, 0.1) is 18.1 Å². The van der Waals surface area contributed by atoms with E-state index in [1.54, 1.807) is 13.1 Å². The van der Waals surface area contributed by atoms with Crippen LogP contribution in [0.1, 0.15) is 36.4 Å². The number of rotatable bonds is 10.